The number of fused-ring (bicyclic) bond motifs is 5. The number of aromatic nitrogens is 4. The van der Waals surface area contributed by atoms with Crippen molar-refractivity contribution in [3.8, 4) is 35.9 Å². The molecule has 4 aliphatic heterocycles. The zero-order valence-electron chi connectivity index (χ0n) is 27.4. The normalized spacial score (nSPS) is 29.3. The molecule has 2 aromatic carbocycles. The van der Waals surface area contributed by atoms with E-state index in [2.05, 4.69) is 21.0 Å². The number of terminal acetylenes is 1. The Bertz CT molecular complexity index is 1980. The van der Waals surface area contributed by atoms with Gasteiger partial charge in [0.05, 0.1) is 17.2 Å². The number of hydrogen-bond donors (Lipinski definition) is 2. The van der Waals surface area contributed by atoms with Crippen molar-refractivity contribution in [3.05, 3.63) is 35.6 Å². The molecule has 11 nitrogen and oxygen atoms in total. The summed E-state index contributed by atoms with van der Waals surface area (Å²) in [5.41, 5.74) is 0.779. The van der Waals surface area contributed by atoms with Crippen LogP contribution in [-0.2, 0) is 4.74 Å². The number of piperazine rings is 1. The summed E-state index contributed by atoms with van der Waals surface area (Å²) in [6.07, 6.45) is 10.9. The van der Waals surface area contributed by atoms with Crippen LogP contribution in [0.5, 0.6) is 23.5 Å². The van der Waals surface area contributed by atoms with Gasteiger partial charge in [-0.05, 0) is 62.6 Å². The molecule has 0 spiro atoms. The summed E-state index contributed by atoms with van der Waals surface area (Å²) in [4.78, 5) is 19.3. The Morgan fingerprint density at radius 3 is 2.71 bits per heavy atom. The maximum Gasteiger partial charge on any atom is 0.320 e. The van der Waals surface area contributed by atoms with Crippen LogP contribution in [-0.4, -0.2) is 99.3 Å². The van der Waals surface area contributed by atoms with Gasteiger partial charge in [0.2, 0.25) is 0 Å². The second-order valence-electron chi connectivity index (χ2n) is 14.4. The molecule has 1 saturated carbocycles. The molecule has 0 radical (unpaired) electrons. The van der Waals surface area contributed by atoms with Crippen LogP contribution in [0.2, 0.25) is 0 Å². The molecule has 0 amide bonds. The van der Waals surface area contributed by atoms with Crippen molar-refractivity contribution in [2.24, 2.45) is 0 Å². The zero-order valence-corrected chi connectivity index (χ0v) is 27.4. The molecule has 4 aromatic rings. The fourth-order valence-corrected chi connectivity index (χ4v) is 8.91. The third-order valence-electron chi connectivity index (χ3n) is 11.4. The quantitative estimate of drug-likeness (QED) is 0.253. The number of ether oxygens (including phenoxy) is 3. The molecule has 49 heavy (non-hydrogen) atoms. The van der Waals surface area contributed by atoms with E-state index >= 15 is 0 Å². The first kappa shape index (κ1) is 30.8. The number of phenols is 1. The number of phenolic OH excluding ortho intramolecular Hbond substituents is 1. The van der Waals surface area contributed by atoms with Crippen molar-refractivity contribution in [2.45, 2.75) is 80.9 Å². The van der Waals surface area contributed by atoms with Crippen LogP contribution < -0.4 is 19.7 Å². The van der Waals surface area contributed by atoms with Gasteiger partial charge in [0.1, 0.15) is 35.6 Å². The minimum absolute atomic E-state index is 0.0356. The number of imidazole rings is 1. The van der Waals surface area contributed by atoms with Gasteiger partial charge in [0.15, 0.2) is 11.5 Å². The molecule has 2 N–H and O–H groups in total. The third-order valence-corrected chi connectivity index (χ3v) is 11.4. The Balaban J connectivity index is 1.18. The highest BCUT2D eigenvalue weighted by molar-refractivity contribution is 5.95. The Hall–Kier alpha value is -4.25. The fourth-order valence-electron chi connectivity index (χ4n) is 8.91. The average molecular weight is 672 g/mol. The lowest BCUT2D eigenvalue weighted by molar-refractivity contribution is 0.00576. The number of halogens is 2. The first-order chi connectivity index (χ1) is 23.8. The third kappa shape index (κ3) is 5.14. The van der Waals surface area contributed by atoms with Gasteiger partial charge in [-0.15, -0.1) is 6.42 Å². The van der Waals surface area contributed by atoms with Crippen molar-refractivity contribution >= 4 is 27.8 Å². The first-order valence-corrected chi connectivity index (χ1v) is 17.3. The van der Waals surface area contributed by atoms with Crippen molar-refractivity contribution in [2.75, 3.05) is 44.8 Å². The van der Waals surface area contributed by atoms with E-state index in [4.69, 9.17) is 35.6 Å². The predicted octanol–water partition coefficient (Wildman–Crippen LogP) is 4.84. The number of methoxy groups -OCH3 is 1. The summed E-state index contributed by atoms with van der Waals surface area (Å²) in [6, 6.07) is 6.82. The van der Waals surface area contributed by atoms with E-state index in [9.17, 15) is 13.9 Å². The number of nitrogens with zero attached hydrogens (tertiary/aromatic N) is 6. The van der Waals surface area contributed by atoms with E-state index in [1.807, 2.05) is 4.57 Å². The van der Waals surface area contributed by atoms with Gasteiger partial charge in [-0.25, -0.2) is 8.78 Å². The summed E-state index contributed by atoms with van der Waals surface area (Å²) < 4.78 is 50.1. The van der Waals surface area contributed by atoms with E-state index in [-0.39, 0.29) is 46.8 Å². The molecule has 6 heterocycles. The van der Waals surface area contributed by atoms with Gasteiger partial charge in [0, 0.05) is 62.7 Å². The highest BCUT2D eigenvalue weighted by Crippen LogP contribution is 2.45. The Morgan fingerprint density at radius 1 is 1.12 bits per heavy atom. The zero-order chi connectivity index (χ0) is 33.4. The number of anilines is 1. The highest BCUT2D eigenvalue weighted by atomic mass is 19.1. The molecule has 2 unspecified atom stereocenters. The molecule has 1 aliphatic carbocycles. The van der Waals surface area contributed by atoms with Gasteiger partial charge in [-0.3, -0.25) is 9.47 Å². The molecule has 2 aromatic heterocycles. The Kier molecular flexibility index (Phi) is 7.34. The van der Waals surface area contributed by atoms with Crippen LogP contribution in [0.25, 0.3) is 21.9 Å². The van der Waals surface area contributed by atoms with Crippen molar-refractivity contribution in [1.29, 1.82) is 0 Å². The molecule has 9 rings (SSSR count). The molecule has 5 fully saturated rings. The van der Waals surface area contributed by atoms with E-state index in [0.29, 0.717) is 59.4 Å². The van der Waals surface area contributed by atoms with Crippen LogP contribution in [0.15, 0.2) is 24.3 Å². The molecule has 5 aliphatic rings. The summed E-state index contributed by atoms with van der Waals surface area (Å²) in [5, 5.41) is 15.2. The minimum Gasteiger partial charge on any atom is -0.508 e. The number of nitrogens with one attached hydrogen (secondary N) is 1. The van der Waals surface area contributed by atoms with Gasteiger partial charge < -0.3 is 29.5 Å². The van der Waals surface area contributed by atoms with E-state index in [0.717, 1.165) is 58.2 Å². The number of benzene rings is 2. The van der Waals surface area contributed by atoms with Crippen LogP contribution in [0.1, 0.15) is 56.6 Å². The van der Waals surface area contributed by atoms with Crippen LogP contribution >= 0.6 is 0 Å². The lowest BCUT2D eigenvalue weighted by Crippen LogP contribution is -2.51. The lowest BCUT2D eigenvalue weighted by Gasteiger charge is -2.37. The standard InChI is InChI=1S/C36H39F2N7O4/c1-3-27-28(38)8-5-20-11-25(46)14-29(30(20)27)49-35-41-32-31(45(35)24-12-26(13-24)47-2)33(43-17-22-6-7-23(18-43)39-22)42-34(40-32)48-19-36-9-4-10-44(36)16-21(37)15-36/h1,5,8,11,14,21-24,26,39,46H,4,6-7,9-10,12-13,15-19H2,2H3/t21-,22?,23?,24?,26?,36+/m1/s1. The van der Waals surface area contributed by atoms with Crippen molar-refractivity contribution in [3.63, 3.8) is 0 Å². The average Bonchev–Trinajstić information content (AvgIpc) is 3.80. The predicted molar refractivity (Wildman–Crippen MR) is 179 cm³/mol. The van der Waals surface area contributed by atoms with Gasteiger partial charge in [-0.1, -0.05) is 12.0 Å². The van der Waals surface area contributed by atoms with Crippen molar-refractivity contribution < 1.29 is 28.1 Å². The summed E-state index contributed by atoms with van der Waals surface area (Å²) in [6.45, 7) is 3.11. The van der Waals surface area contributed by atoms with Crippen LogP contribution in [0.4, 0.5) is 14.6 Å². The molecule has 4 atom stereocenters. The van der Waals surface area contributed by atoms with Gasteiger partial charge in [0.25, 0.3) is 0 Å². The molecular weight excluding hydrogens is 632 g/mol. The Morgan fingerprint density at radius 2 is 1.94 bits per heavy atom. The fraction of sp³-hybridized carbons (Fsp3) is 0.528. The van der Waals surface area contributed by atoms with E-state index < -0.39 is 12.0 Å². The number of alkyl halides is 1. The molecule has 13 heteroatoms. The second-order valence-corrected chi connectivity index (χ2v) is 14.4. The second kappa shape index (κ2) is 11.7. The van der Waals surface area contributed by atoms with Crippen LogP contribution in [0, 0.1) is 18.2 Å². The summed E-state index contributed by atoms with van der Waals surface area (Å²) >= 11 is 0. The largest absolute Gasteiger partial charge is 0.508 e. The van der Waals surface area contributed by atoms with Gasteiger partial charge >= 0.3 is 12.0 Å². The maximum absolute atomic E-state index is 15.0. The number of aromatic hydroxyl groups is 1. The van der Waals surface area contributed by atoms with E-state index in [1.165, 1.54) is 18.2 Å². The monoisotopic (exact) mass is 671 g/mol. The van der Waals surface area contributed by atoms with E-state index in [1.54, 1.807) is 13.2 Å². The number of rotatable bonds is 8. The molecule has 2 bridgehead atoms. The number of hydrogen-bond acceptors (Lipinski definition) is 10. The van der Waals surface area contributed by atoms with Gasteiger partial charge in [-0.2, -0.15) is 15.0 Å². The SMILES string of the molecule is C#Cc1c(F)ccc2cc(O)cc(Oc3nc4nc(OC[C@@]56CCCN5C[C@H](F)C6)nc(N5CC6CCC(C5)N6)c4n3C3CC(OC)C3)c12. The Labute approximate surface area is 282 Å². The first-order valence-electron chi connectivity index (χ1n) is 17.3. The maximum atomic E-state index is 15.0. The molecular formula is C36H39F2N7O4. The molecule has 4 saturated heterocycles. The van der Waals surface area contributed by atoms with Crippen molar-refractivity contribution in [1.82, 2.24) is 29.7 Å². The minimum atomic E-state index is -0.870. The summed E-state index contributed by atoms with van der Waals surface area (Å²) in [7, 11) is 1.70. The lowest BCUT2D eigenvalue weighted by atomic mass is 9.89. The summed E-state index contributed by atoms with van der Waals surface area (Å²) in [5.74, 6) is 2.71. The molecule has 256 valence electrons. The highest BCUT2D eigenvalue weighted by Gasteiger charge is 2.49. The van der Waals surface area contributed by atoms with Crippen LogP contribution in [0.3, 0.4) is 0 Å². The topological polar surface area (TPSA) is 110 Å². The smallest absolute Gasteiger partial charge is 0.320 e.